The normalized spacial score (nSPS) is 29.8. The highest BCUT2D eigenvalue weighted by molar-refractivity contribution is 7.86. The lowest BCUT2D eigenvalue weighted by Crippen LogP contribution is -2.33. The van der Waals surface area contributed by atoms with Crippen molar-refractivity contribution in [3.05, 3.63) is 0 Å². The molecule has 1 N–H and O–H groups in total. The Labute approximate surface area is 102 Å². The Morgan fingerprint density at radius 1 is 1.47 bits per heavy atom. The van der Waals surface area contributed by atoms with Gasteiger partial charge in [0.05, 0.1) is 5.60 Å². The van der Waals surface area contributed by atoms with E-state index in [1.54, 1.807) is 6.92 Å². The second kappa shape index (κ2) is 4.24. The summed E-state index contributed by atoms with van der Waals surface area (Å²) in [5.74, 6) is -0.134. The van der Waals surface area contributed by atoms with Crippen molar-refractivity contribution in [1.29, 1.82) is 0 Å². The van der Waals surface area contributed by atoms with Gasteiger partial charge in [-0.2, -0.15) is 8.42 Å². The average molecular weight is 261 g/mol. The highest BCUT2D eigenvalue weighted by atomic mass is 32.2. The maximum Gasteiger partial charge on any atom is 0.286 e. The first kappa shape index (κ1) is 12.8. The van der Waals surface area contributed by atoms with Crippen LogP contribution < -0.4 is 5.32 Å². The smallest absolute Gasteiger partial charge is 0.286 e. The molecule has 0 aromatic carbocycles. The molecule has 5 nitrogen and oxygen atoms in total. The van der Waals surface area contributed by atoms with Crippen LogP contribution in [-0.4, -0.2) is 25.8 Å². The molecular formula is C11H19NO4S. The minimum absolute atomic E-state index is 0.00621. The van der Waals surface area contributed by atoms with E-state index in [0.717, 1.165) is 25.7 Å². The van der Waals surface area contributed by atoms with E-state index in [4.69, 9.17) is 4.18 Å². The number of carbonyl (C=O) groups is 1. The molecule has 0 bridgehead atoms. The van der Waals surface area contributed by atoms with E-state index in [2.05, 4.69) is 5.32 Å². The van der Waals surface area contributed by atoms with Crippen molar-refractivity contribution in [3.63, 3.8) is 0 Å². The zero-order chi connectivity index (χ0) is 12.7. The monoisotopic (exact) mass is 261 g/mol. The SMILES string of the molecule is CC[C@@H]1C[C@@H]1C(=O)NCS(=O)(=O)OC1(C)CC1. The van der Waals surface area contributed by atoms with Crippen molar-refractivity contribution in [1.82, 2.24) is 5.32 Å². The molecular weight excluding hydrogens is 242 g/mol. The van der Waals surface area contributed by atoms with Gasteiger partial charge in [-0.3, -0.25) is 8.98 Å². The van der Waals surface area contributed by atoms with Crippen LogP contribution in [0.5, 0.6) is 0 Å². The zero-order valence-corrected chi connectivity index (χ0v) is 11.0. The van der Waals surface area contributed by atoms with Crippen LogP contribution in [0.4, 0.5) is 0 Å². The summed E-state index contributed by atoms with van der Waals surface area (Å²) in [4.78, 5) is 11.6. The van der Waals surface area contributed by atoms with E-state index in [9.17, 15) is 13.2 Å². The van der Waals surface area contributed by atoms with Gasteiger partial charge in [0.15, 0.2) is 0 Å². The maximum atomic E-state index is 11.6. The van der Waals surface area contributed by atoms with Crippen LogP contribution in [-0.2, 0) is 19.1 Å². The third-order valence-electron chi connectivity index (χ3n) is 3.49. The fraction of sp³-hybridized carbons (Fsp3) is 0.909. The molecule has 2 rings (SSSR count). The molecule has 0 spiro atoms. The first-order valence-corrected chi connectivity index (χ1v) is 7.64. The molecule has 1 amide bonds. The fourth-order valence-corrected chi connectivity index (χ4v) is 3.06. The molecule has 2 saturated carbocycles. The van der Waals surface area contributed by atoms with E-state index in [1.165, 1.54) is 0 Å². The van der Waals surface area contributed by atoms with Crippen molar-refractivity contribution in [2.45, 2.75) is 45.1 Å². The number of hydrogen-bond acceptors (Lipinski definition) is 4. The molecule has 2 aliphatic carbocycles. The summed E-state index contributed by atoms with van der Waals surface area (Å²) in [5, 5.41) is 2.45. The van der Waals surface area contributed by atoms with Gasteiger partial charge in [0.2, 0.25) is 5.91 Å². The third-order valence-corrected chi connectivity index (χ3v) is 4.64. The topological polar surface area (TPSA) is 72.5 Å². The second-order valence-electron chi connectivity index (χ2n) is 5.29. The fourth-order valence-electron chi connectivity index (χ4n) is 1.91. The van der Waals surface area contributed by atoms with Gasteiger partial charge in [-0.05, 0) is 32.1 Å². The quantitative estimate of drug-likeness (QED) is 0.724. The van der Waals surface area contributed by atoms with E-state index in [0.29, 0.717) is 5.92 Å². The molecule has 17 heavy (non-hydrogen) atoms. The molecule has 0 saturated heterocycles. The Morgan fingerprint density at radius 2 is 2.12 bits per heavy atom. The van der Waals surface area contributed by atoms with Crippen molar-refractivity contribution >= 4 is 16.0 Å². The number of rotatable bonds is 6. The molecule has 0 aromatic rings. The van der Waals surface area contributed by atoms with Gasteiger partial charge in [-0.1, -0.05) is 13.3 Å². The van der Waals surface area contributed by atoms with E-state index in [-0.39, 0.29) is 11.8 Å². The first-order chi connectivity index (χ1) is 7.85. The number of nitrogens with one attached hydrogen (secondary N) is 1. The lowest BCUT2D eigenvalue weighted by atomic mass is 10.2. The van der Waals surface area contributed by atoms with Gasteiger partial charge in [0, 0.05) is 5.92 Å². The maximum absolute atomic E-state index is 11.6. The lowest BCUT2D eigenvalue weighted by Gasteiger charge is -2.11. The minimum Gasteiger partial charge on any atom is -0.340 e. The predicted octanol–water partition coefficient (Wildman–Crippen LogP) is 1.01. The summed E-state index contributed by atoms with van der Waals surface area (Å²) in [6.45, 7) is 3.80. The summed E-state index contributed by atoms with van der Waals surface area (Å²) < 4.78 is 28.1. The highest BCUT2D eigenvalue weighted by Crippen LogP contribution is 2.41. The Morgan fingerprint density at radius 3 is 2.59 bits per heavy atom. The molecule has 98 valence electrons. The van der Waals surface area contributed by atoms with Crippen LogP contribution in [0.25, 0.3) is 0 Å². The highest BCUT2D eigenvalue weighted by Gasteiger charge is 2.44. The summed E-state index contributed by atoms with van der Waals surface area (Å²) in [5.41, 5.74) is -0.519. The zero-order valence-electron chi connectivity index (χ0n) is 10.2. The summed E-state index contributed by atoms with van der Waals surface area (Å²) in [6.07, 6.45) is 3.38. The summed E-state index contributed by atoms with van der Waals surface area (Å²) >= 11 is 0. The van der Waals surface area contributed by atoms with Gasteiger partial charge in [-0.15, -0.1) is 0 Å². The molecule has 0 unspecified atom stereocenters. The molecule has 2 atom stereocenters. The molecule has 2 fully saturated rings. The molecule has 0 aromatic heterocycles. The van der Waals surface area contributed by atoms with Gasteiger partial charge >= 0.3 is 0 Å². The van der Waals surface area contributed by atoms with Gasteiger partial charge < -0.3 is 5.32 Å². The van der Waals surface area contributed by atoms with Crippen molar-refractivity contribution < 1.29 is 17.4 Å². The molecule has 0 heterocycles. The van der Waals surface area contributed by atoms with Crippen LogP contribution >= 0.6 is 0 Å². The molecule has 0 aliphatic heterocycles. The molecule has 0 radical (unpaired) electrons. The Balaban J connectivity index is 1.76. The van der Waals surface area contributed by atoms with Crippen LogP contribution in [0.1, 0.15) is 39.5 Å². The summed E-state index contributed by atoms with van der Waals surface area (Å²) in [6, 6.07) is 0. The van der Waals surface area contributed by atoms with Crippen molar-refractivity contribution in [2.24, 2.45) is 11.8 Å². The lowest BCUT2D eigenvalue weighted by molar-refractivity contribution is -0.122. The summed E-state index contributed by atoms with van der Waals surface area (Å²) in [7, 11) is -3.63. The van der Waals surface area contributed by atoms with Gasteiger partial charge in [-0.25, -0.2) is 0 Å². The van der Waals surface area contributed by atoms with Crippen molar-refractivity contribution in [3.8, 4) is 0 Å². The second-order valence-corrected chi connectivity index (χ2v) is 6.86. The van der Waals surface area contributed by atoms with Gasteiger partial charge in [0.25, 0.3) is 10.1 Å². The van der Waals surface area contributed by atoms with Crippen molar-refractivity contribution in [2.75, 3.05) is 5.88 Å². The van der Waals surface area contributed by atoms with Crippen LogP contribution in [0.2, 0.25) is 0 Å². The molecule has 2 aliphatic rings. The third kappa shape index (κ3) is 3.42. The van der Waals surface area contributed by atoms with E-state index < -0.39 is 21.6 Å². The van der Waals surface area contributed by atoms with Gasteiger partial charge in [0.1, 0.15) is 5.88 Å². The minimum atomic E-state index is -3.63. The van der Waals surface area contributed by atoms with Crippen LogP contribution in [0, 0.1) is 11.8 Å². The number of hydrogen-bond donors (Lipinski definition) is 1. The number of amides is 1. The standard InChI is InChI=1S/C11H19NO4S/c1-3-8-6-9(8)10(13)12-7-17(14,15)16-11(2)4-5-11/h8-9H,3-7H2,1-2H3,(H,12,13)/t8-,9+/m1/s1. The average Bonchev–Trinajstić information content (AvgIpc) is 3.11. The van der Waals surface area contributed by atoms with Crippen LogP contribution in [0.3, 0.4) is 0 Å². The first-order valence-electron chi connectivity index (χ1n) is 6.06. The van der Waals surface area contributed by atoms with E-state index >= 15 is 0 Å². The Bertz CT molecular complexity index is 413. The Kier molecular flexibility index (Phi) is 3.20. The Hall–Kier alpha value is -0.620. The van der Waals surface area contributed by atoms with E-state index in [1.807, 2.05) is 6.92 Å². The van der Waals surface area contributed by atoms with Crippen LogP contribution in [0.15, 0.2) is 0 Å². The predicted molar refractivity (Wildman–Crippen MR) is 62.5 cm³/mol. The number of carbonyl (C=O) groups excluding carboxylic acids is 1. The molecule has 6 heteroatoms. The largest absolute Gasteiger partial charge is 0.340 e.